The zero-order chi connectivity index (χ0) is 16.2. The Kier molecular flexibility index (Phi) is 5.34. The molecule has 0 aliphatic heterocycles. The minimum absolute atomic E-state index is 0.0929. The summed E-state index contributed by atoms with van der Waals surface area (Å²) in [5.41, 5.74) is 1.90. The first-order valence-corrected chi connectivity index (χ1v) is 6.95. The number of carbonyl (C=O) groups is 2. The van der Waals surface area contributed by atoms with E-state index < -0.39 is 11.4 Å². The van der Waals surface area contributed by atoms with Gasteiger partial charge in [-0.15, -0.1) is 0 Å². The van der Waals surface area contributed by atoms with Crippen LogP contribution in [0.2, 0.25) is 0 Å². The Balaban J connectivity index is 2.54. The molecule has 0 saturated carbocycles. The fourth-order valence-corrected chi connectivity index (χ4v) is 1.93. The van der Waals surface area contributed by atoms with Crippen LogP contribution in [0.3, 0.4) is 0 Å². The molecule has 1 aromatic heterocycles. The number of aliphatic carboxylic acids is 1. The summed E-state index contributed by atoms with van der Waals surface area (Å²) in [5.74, 6) is -0.913. The molecular weight excluding hydrogens is 272 g/mol. The van der Waals surface area contributed by atoms with Gasteiger partial charge in [-0.25, -0.2) is 4.79 Å². The van der Waals surface area contributed by atoms with Crippen LogP contribution in [0.4, 0.5) is 4.79 Å². The lowest BCUT2D eigenvalue weighted by molar-refractivity contribution is -0.147. The summed E-state index contributed by atoms with van der Waals surface area (Å²) in [5, 5.41) is 18.8. The van der Waals surface area contributed by atoms with E-state index in [-0.39, 0.29) is 12.6 Å². The molecule has 7 heteroatoms. The molecule has 0 bridgehead atoms. The van der Waals surface area contributed by atoms with Gasteiger partial charge in [-0.3, -0.25) is 9.48 Å². The molecule has 1 unspecified atom stereocenters. The van der Waals surface area contributed by atoms with Crippen molar-refractivity contribution >= 4 is 12.0 Å². The summed E-state index contributed by atoms with van der Waals surface area (Å²) in [7, 11) is 1.85. The summed E-state index contributed by atoms with van der Waals surface area (Å²) in [6, 6.07) is -0.376. The average molecular weight is 296 g/mol. The first-order chi connectivity index (χ1) is 9.71. The number of carbonyl (C=O) groups excluding carboxylic acids is 1. The standard InChI is InChI=1S/C14H24N4O3/c1-6-14(4,12(19)20)8-16-13(21)15-7-11-9(2)17-18(5)10(11)3/h6-8H2,1-5H3,(H,19,20)(H2,15,16,21). The third kappa shape index (κ3) is 3.96. The van der Waals surface area contributed by atoms with E-state index in [1.54, 1.807) is 18.5 Å². The molecule has 0 aliphatic carbocycles. The van der Waals surface area contributed by atoms with Gasteiger partial charge in [0.15, 0.2) is 0 Å². The fraction of sp³-hybridized carbons (Fsp3) is 0.643. The molecule has 1 rings (SSSR count). The van der Waals surface area contributed by atoms with Crippen molar-refractivity contribution in [1.29, 1.82) is 0 Å². The van der Waals surface area contributed by atoms with Crippen molar-refractivity contribution in [1.82, 2.24) is 20.4 Å². The van der Waals surface area contributed by atoms with Crippen LogP contribution in [0, 0.1) is 19.3 Å². The van der Waals surface area contributed by atoms with E-state index in [1.165, 1.54) is 0 Å². The number of aromatic nitrogens is 2. The molecule has 21 heavy (non-hydrogen) atoms. The number of urea groups is 1. The zero-order valence-electron chi connectivity index (χ0n) is 13.3. The number of amides is 2. The minimum atomic E-state index is -0.947. The third-order valence-electron chi connectivity index (χ3n) is 4.02. The molecule has 0 spiro atoms. The average Bonchev–Trinajstić information content (AvgIpc) is 2.67. The monoisotopic (exact) mass is 296 g/mol. The molecule has 0 fully saturated rings. The van der Waals surface area contributed by atoms with Gasteiger partial charge >= 0.3 is 12.0 Å². The molecule has 0 aliphatic rings. The third-order valence-corrected chi connectivity index (χ3v) is 4.02. The van der Waals surface area contributed by atoms with E-state index in [9.17, 15) is 9.59 Å². The van der Waals surface area contributed by atoms with Crippen LogP contribution >= 0.6 is 0 Å². The first kappa shape index (κ1) is 17.0. The van der Waals surface area contributed by atoms with Crippen molar-refractivity contribution in [3.63, 3.8) is 0 Å². The highest BCUT2D eigenvalue weighted by atomic mass is 16.4. The lowest BCUT2D eigenvalue weighted by Gasteiger charge is -2.23. The highest BCUT2D eigenvalue weighted by molar-refractivity contribution is 5.77. The van der Waals surface area contributed by atoms with Crippen LogP contribution in [0.15, 0.2) is 0 Å². The van der Waals surface area contributed by atoms with E-state index in [1.807, 2.05) is 20.9 Å². The molecule has 0 saturated heterocycles. The smallest absolute Gasteiger partial charge is 0.315 e. The first-order valence-electron chi connectivity index (χ1n) is 6.95. The predicted molar refractivity (Wildman–Crippen MR) is 79.0 cm³/mol. The molecule has 1 atom stereocenters. The van der Waals surface area contributed by atoms with Crippen molar-refractivity contribution in [2.24, 2.45) is 12.5 Å². The van der Waals surface area contributed by atoms with E-state index in [2.05, 4.69) is 15.7 Å². The SMILES string of the molecule is CCC(C)(CNC(=O)NCc1c(C)nn(C)c1C)C(=O)O. The Hall–Kier alpha value is -2.05. The second-order valence-corrected chi connectivity index (χ2v) is 5.53. The molecule has 1 aromatic rings. The second-order valence-electron chi connectivity index (χ2n) is 5.53. The second kappa shape index (κ2) is 6.60. The number of carboxylic acids is 1. The Morgan fingerprint density at radius 1 is 1.33 bits per heavy atom. The maximum absolute atomic E-state index is 11.8. The molecule has 7 nitrogen and oxygen atoms in total. The fourth-order valence-electron chi connectivity index (χ4n) is 1.93. The molecular formula is C14H24N4O3. The van der Waals surface area contributed by atoms with Gasteiger partial charge in [0.25, 0.3) is 0 Å². The van der Waals surface area contributed by atoms with Crippen LogP contribution in [0.5, 0.6) is 0 Å². The van der Waals surface area contributed by atoms with Gasteiger partial charge in [-0.2, -0.15) is 5.10 Å². The Morgan fingerprint density at radius 2 is 1.95 bits per heavy atom. The number of rotatable bonds is 6. The van der Waals surface area contributed by atoms with Crippen LogP contribution in [0.1, 0.15) is 37.2 Å². The van der Waals surface area contributed by atoms with Crippen LogP contribution in [-0.2, 0) is 18.4 Å². The molecule has 2 amide bonds. The number of nitrogens with one attached hydrogen (secondary N) is 2. The van der Waals surface area contributed by atoms with E-state index in [0.29, 0.717) is 13.0 Å². The van der Waals surface area contributed by atoms with Crippen molar-refractivity contribution < 1.29 is 14.7 Å². The van der Waals surface area contributed by atoms with Gasteiger partial charge in [-0.05, 0) is 27.2 Å². The molecule has 1 heterocycles. The highest BCUT2D eigenvalue weighted by Crippen LogP contribution is 2.19. The molecule has 3 N–H and O–H groups in total. The maximum atomic E-state index is 11.8. The Morgan fingerprint density at radius 3 is 2.38 bits per heavy atom. The summed E-state index contributed by atoms with van der Waals surface area (Å²) in [6.07, 6.45) is 0.448. The van der Waals surface area contributed by atoms with Crippen LogP contribution < -0.4 is 10.6 Å². The van der Waals surface area contributed by atoms with Crippen molar-refractivity contribution in [2.45, 2.75) is 40.7 Å². The Bertz CT molecular complexity index is 539. The lowest BCUT2D eigenvalue weighted by atomic mass is 9.88. The van der Waals surface area contributed by atoms with Crippen molar-refractivity contribution in [2.75, 3.05) is 6.54 Å². The summed E-state index contributed by atoms with van der Waals surface area (Å²) in [6.45, 7) is 7.69. The minimum Gasteiger partial charge on any atom is -0.481 e. The number of carboxylic acid groups (broad SMARTS) is 1. The lowest BCUT2D eigenvalue weighted by Crippen LogP contribution is -2.44. The van der Waals surface area contributed by atoms with Crippen LogP contribution in [-0.4, -0.2) is 33.4 Å². The molecule has 0 aromatic carbocycles. The predicted octanol–water partition coefficient (Wildman–Crippen LogP) is 1.34. The van der Waals surface area contributed by atoms with Gasteiger partial charge in [0, 0.05) is 31.4 Å². The van der Waals surface area contributed by atoms with Crippen LogP contribution in [0.25, 0.3) is 0 Å². The number of hydrogen-bond acceptors (Lipinski definition) is 3. The number of aryl methyl sites for hydroxylation is 2. The topological polar surface area (TPSA) is 96.3 Å². The molecule has 118 valence electrons. The summed E-state index contributed by atoms with van der Waals surface area (Å²) in [4.78, 5) is 22.9. The summed E-state index contributed by atoms with van der Waals surface area (Å²) >= 11 is 0. The van der Waals surface area contributed by atoms with E-state index in [4.69, 9.17) is 5.11 Å². The zero-order valence-corrected chi connectivity index (χ0v) is 13.3. The van der Waals surface area contributed by atoms with Gasteiger partial charge in [0.1, 0.15) is 0 Å². The number of nitrogens with zero attached hydrogens (tertiary/aromatic N) is 2. The summed E-state index contributed by atoms with van der Waals surface area (Å²) < 4.78 is 1.77. The Labute approximate surface area is 124 Å². The molecule has 0 radical (unpaired) electrons. The van der Waals surface area contributed by atoms with Crippen molar-refractivity contribution in [3.8, 4) is 0 Å². The highest BCUT2D eigenvalue weighted by Gasteiger charge is 2.31. The quantitative estimate of drug-likeness (QED) is 0.738. The van der Waals surface area contributed by atoms with E-state index >= 15 is 0 Å². The van der Waals surface area contributed by atoms with Gasteiger partial charge in [0.05, 0.1) is 11.1 Å². The van der Waals surface area contributed by atoms with Gasteiger partial charge in [-0.1, -0.05) is 6.92 Å². The van der Waals surface area contributed by atoms with E-state index in [0.717, 1.165) is 17.0 Å². The van der Waals surface area contributed by atoms with Gasteiger partial charge < -0.3 is 15.7 Å². The van der Waals surface area contributed by atoms with Gasteiger partial charge in [0.2, 0.25) is 0 Å². The normalized spacial score (nSPS) is 13.6. The maximum Gasteiger partial charge on any atom is 0.315 e. The van der Waals surface area contributed by atoms with Crippen molar-refractivity contribution in [3.05, 3.63) is 17.0 Å². The largest absolute Gasteiger partial charge is 0.481 e. The number of hydrogen-bond donors (Lipinski definition) is 3.